The summed E-state index contributed by atoms with van der Waals surface area (Å²) in [6.07, 6.45) is 0.229. The number of nitrogens with one attached hydrogen (secondary N) is 1. The first-order chi connectivity index (χ1) is 13.3. The lowest BCUT2D eigenvalue weighted by Crippen LogP contribution is -2.30. The minimum atomic E-state index is -1.11. The summed E-state index contributed by atoms with van der Waals surface area (Å²) in [7, 11) is 0. The third-order valence-electron chi connectivity index (χ3n) is 3.67. The number of carbonyl (C=O) groups is 2. The van der Waals surface area contributed by atoms with E-state index in [1.54, 1.807) is 19.1 Å². The van der Waals surface area contributed by atoms with Gasteiger partial charge in [-0.25, -0.2) is 9.78 Å². The first-order valence-corrected chi connectivity index (χ1v) is 8.93. The summed E-state index contributed by atoms with van der Waals surface area (Å²) >= 11 is 11.7. The van der Waals surface area contributed by atoms with Crippen molar-refractivity contribution in [2.75, 3.05) is 5.32 Å². The van der Waals surface area contributed by atoms with E-state index in [2.05, 4.69) is 20.5 Å². The standard InChI is InChI=1S/C18H15Cl2N5O3/c1-10-15(24-25(23-10)13-6-4-3-5-7-13)18(27)28-11(2)17(26)22-16-14(20)8-12(19)9-21-16/h3-9,11H,1-2H3,(H,21,22,26). The zero-order valence-electron chi connectivity index (χ0n) is 14.9. The zero-order chi connectivity index (χ0) is 20.3. The fraction of sp³-hybridized carbons (Fsp3) is 0.167. The van der Waals surface area contributed by atoms with Crippen molar-refractivity contribution in [3.05, 3.63) is 64.0 Å². The van der Waals surface area contributed by atoms with E-state index in [1.165, 1.54) is 24.0 Å². The number of carbonyl (C=O) groups excluding carboxylic acids is 2. The van der Waals surface area contributed by atoms with Gasteiger partial charge in [0, 0.05) is 6.20 Å². The van der Waals surface area contributed by atoms with E-state index < -0.39 is 18.0 Å². The summed E-state index contributed by atoms with van der Waals surface area (Å²) in [6, 6.07) is 10.6. The van der Waals surface area contributed by atoms with E-state index >= 15 is 0 Å². The molecular formula is C18H15Cl2N5O3. The van der Waals surface area contributed by atoms with E-state index in [1.807, 2.05) is 18.2 Å². The molecule has 10 heteroatoms. The molecule has 0 aliphatic heterocycles. The maximum atomic E-state index is 12.4. The first kappa shape index (κ1) is 19.8. The largest absolute Gasteiger partial charge is 0.448 e. The van der Waals surface area contributed by atoms with Gasteiger partial charge in [-0.3, -0.25) is 4.79 Å². The molecule has 0 radical (unpaired) electrons. The molecule has 1 N–H and O–H groups in total. The first-order valence-electron chi connectivity index (χ1n) is 8.17. The highest BCUT2D eigenvalue weighted by Gasteiger charge is 2.24. The van der Waals surface area contributed by atoms with Crippen LogP contribution in [0.3, 0.4) is 0 Å². The summed E-state index contributed by atoms with van der Waals surface area (Å²) in [5.74, 6) is -1.25. The third-order valence-corrected chi connectivity index (χ3v) is 4.16. The van der Waals surface area contributed by atoms with Crippen molar-refractivity contribution in [3.8, 4) is 5.69 Å². The highest BCUT2D eigenvalue weighted by atomic mass is 35.5. The molecular weight excluding hydrogens is 405 g/mol. The van der Waals surface area contributed by atoms with E-state index in [-0.39, 0.29) is 16.5 Å². The van der Waals surface area contributed by atoms with Gasteiger partial charge in [0.1, 0.15) is 0 Å². The second-order valence-corrected chi connectivity index (χ2v) is 6.62. The van der Waals surface area contributed by atoms with Gasteiger partial charge in [-0.15, -0.1) is 5.10 Å². The lowest BCUT2D eigenvalue weighted by atomic mass is 10.3. The smallest absolute Gasteiger partial charge is 0.361 e. The van der Waals surface area contributed by atoms with Gasteiger partial charge in [-0.05, 0) is 32.0 Å². The maximum Gasteiger partial charge on any atom is 0.361 e. The predicted molar refractivity (Wildman–Crippen MR) is 104 cm³/mol. The highest BCUT2D eigenvalue weighted by Crippen LogP contribution is 2.22. The molecule has 2 aromatic heterocycles. The molecule has 0 aliphatic rings. The molecule has 0 spiro atoms. The summed E-state index contributed by atoms with van der Waals surface area (Å²) in [5, 5.41) is 11.3. The highest BCUT2D eigenvalue weighted by molar-refractivity contribution is 6.36. The van der Waals surface area contributed by atoms with Crippen LogP contribution in [-0.2, 0) is 9.53 Å². The number of nitrogens with zero attached hydrogens (tertiary/aromatic N) is 4. The van der Waals surface area contributed by atoms with Gasteiger partial charge in [-0.1, -0.05) is 41.4 Å². The number of halogens is 2. The average molecular weight is 420 g/mol. The normalized spacial score (nSPS) is 11.7. The molecule has 0 fully saturated rings. The molecule has 0 aliphatic carbocycles. The SMILES string of the molecule is Cc1nn(-c2ccccc2)nc1C(=O)OC(C)C(=O)Nc1ncc(Cl)cc1Cl. The fourth-order valence-electron chi connectivity index (χ4n) is 2.24. The van der Waals surface area contributed by atoms with Crippen molar-refractivity contribution < 1.29 is 14.3 Å². The Balaban J connectivity index is 1.68. The number of rotatable bonds is 5. The van der Waals surface area contributed by atoms with Gasteiger partial charge < -0.3 is 10.1 Å². The fourth-order valence-corrected chi connectivity index (χ4v) is 2.67. The Bertz CT molecular complexity index is 1020. The predicted octanol–water partition coefficient (Wildman–Crippen LogP) is 3.46. The Morgan fingerprint density at radius 3 is 2.57 bits per heavy atom. The van der Waals surface area contributed by atoms with Crippen LogP contribution < -0.4 is 5.32 Å². The number of aryl methyl sites for hydroxylation is 1. The zero-order valence-corrected chi connectivity index (χ0v) is 16.4. The lowest BCUT2D eigenvalue weighted by Gasteiger charge is -2.13. The Kier molecular flexibility index (Phi) is 5.91. The number of amides is 1. The summed E-state index contributed by atoms with van der Waals surface area (Å²) in [4.78, 5) is 29.9. The van der Waals surface area contributed by atoms with E-state index in [0.29, 0.717) is 16.4 Å². The number of anilines is 1. The number of ether oxygens (including phenoxy) is 1. The molecule has 0 saturated heterocycles. The van der Waals surface area contributed by atoms with E-state index in [9.17, 15) is 9.59 Å². The van der Waals surface area contributed by atoms with Crippen molar-refractivity contribution in [2.24, 2.45) is 0 Å². The molecule has 28 heavy (non-hydrogen) atoms. The quantitative estimate of drug-likeness (QED) is 0.635. The van der Waals surface area contributed by atoms with Crippen LogP contribution in [-0.4, -0.2) is 38.0 Å². The van der Waals surface area contributed by atoms with Crippen molar-refractivity contribution in [3.63, 3.8) is 0 Å². The molecule has 144 valence electrons. The molecule has 1 aromatic carbocycles. The maximum absolute atomic E-state index is 12.4. The van der Waals surface area contributed by atoms with Gasteiger partial charge in [0.15, 0.2) is 17.6 Å². The van der Waals surface area contributed by atoms with Crippen LogP contribution in [0.5, 0.6) is 0 Å². The molecule has 8 nitrogen and oxygen atoms in total. The lowest BCUT2D eigenvalue weighted by molar-refractivity contribution is -0.123. The Hall–Kier alpha value is -2.97. The Morgan fingerprint density at radius 2 is 1.89 bits per heavy atom. The van der Waals surface area contributed by atoms with Gasteiger partial charge in [0.25, 0.3) is 5.91 Å². The molecule has 3 aromatic rings. The topological polar surface area (TPSA) is 99.0 Å². The third kappa shape index (κ3) is 4.47. The average Bonchev–Trinajstić information content (AvgIpc) is 3.06. The van der Waals surface area contributed by atoms with Crippen molar-refractivity contribution in [2.45, 2.75) is 20.0 Å². The summed E-state index contributed by atoms with van der Waals surface area (Å²) in [6.45, 7) is 3.05. The molecule has 1 atom stereocenters. The van der Waals surface area contributed by atoms with Crippen LogP contribution >= 0.6 is 23.2 Å². The van der Waals surface area contributed by atoms with Crippen molar-refractivity contribution in [1.82, 2.24) is 20.0 Å². The molecule has 0 bridgehead atoms. The van der Waals surface area contributed by atoms with Crippen LogP contribution in [0, 0.1) is 6.92 Å². The number of benzene rings is 1. The minimum absolute atomic E-state index is 0.0196. The van der Waals surface area contributed by atoms with Crippen LogP contribution in [0.1, 0.15) is 23.1 Å². The van der Waals surface area contributed by atoms with Gasteiger partial charge in [-0.2, -0.15) is 9.90 Å². The Morgan fingerprint density at radius 1 is 1.18 bits per heavy atom. The second kappa shape index (κ2) is 8.37. The summed E-state index contributed by atoms with van der Waals surface area (Å²) < 4.78 is 5.20. The molecule has 3 rings (SSSR count). The van der Waals surface area contributed by atoms with Crippen LogP contribution in [0.4, 0.5) is 5.82 Å². The number of pyridine rings is 1. The van der Waals surface area contributed by atoms with E-state index in [4.69, 9.17) is 27.9 Å². The molecule has 2 heterocycles. The molecule has 0 saturated carbocycles. The van der Waals surface area contributed by atoms with Gasteiger partial charge in [0.2, 0.25) is 0 Å². The van der Waals surface area contributed by atoms with Crippen LogP contribution in [0.15, 0.2) is 42.6 Å². The number of esters is 1. The number of aromatic nitrogens is 4. The van der Waals surface area contributed by atoms with Crippen molar-refractivity contribution >= 4 is 40.9 Å². The van der Waals surface area contributed by atoms with E-state index in [0.717, 1.165) is 0 Å². The number of para-hydroxylation sites is 1. The van der Waals surface area contributed by atoms with Crippen LogP contribution in [0.2, 0.25) is 10.0 Å². The number of hydrogen-bond donors (Lipinski definition) is 1. The monoisotopic (exact) mass is 419 g/mol. The van der Waals surface area contributed by atoms with Crippen molar-refractivity contribution in [1.29, 1.82) is 0 Å². The minimum Gasteiger partial charge on any atom is -0.448 e. The van der Waals surface area contributed by atoms with Crippen LogP contribution in [0.25, 0.3) is 5.69 Å². The van der Waals surface area contributed by atoms with Gasteiger partial charge in [0.05, 0.1) is 21.4 Å². The van der Waals surface area contributed by atoms with Gasteiger partial charge >= 0.3 is 5.97 Å². The number of hydrogen-bond acceptors (Lipinski definition) is 6. The second-order valence-electron chi connectivity index (χ2n) is 5.78. The summed E-state index contributed by atoms with van der Waals surface area (Å²) in [5.41, 5.74) is 1.09. The molecule has 1 amide bonds. The molecule has 1 unspecified atom stereocenters. The Labute approximate surface area is 170 Å².